The van der Waals surface area contributed by atoms with Crippen molar-refractivity contribution in [3.8, 4) is 11.5 Å². The monoisotopic (exact) mass is 419 g/mol. The Bertz CT molecular complexity index is 1230. The fourth-order valence-corrected chi connectivity index (χ4v) is 4.81. The molecule has 0 unspecified atom stereocenters. The van der Waals surface area contributed by atoms with Crippen molar-refractivity contribution in [1.82, 2.24) is 14.5 Å². The molecule has 2 aliphatic heterocycles. The average molecular weight is 419 g/mol. The zero-order chi connectivity index (χ0) is 21.5. The minimum Gasteiger partial charge on any atom is -0.497 e. The first-order valence-electron chi connectivity index (χ1n) is 10.7. The van der Waals surface area contributed by atoms with E-state index in [1.54, 1.807) is 37.0 Å². The predicted octanol–water partition coefficient (Wildman–Crippen LogP) is 3.34. The number of ether oxygens (including phenoxy) is 2. The lowest BCUT2D eigenvalue weighted by Crippen LogP contribution is -2.31. The van der Waals surface area contributed by atoms with Gasteiger partial charge in [-0.1, -0.05) is 0 Å². The molecule has 31 heavy (non-hydrogen) atoms. The van der Waals surface area contributed by atoms with Crippen molar-refractivity contribution < 1.29 is 14.3 Å². The molecule has 2 aliphatic rings. The van der Waals surface area contributed by atoms with E-state index in [1.807, 2.05) is 23.1 Å². The summed E-state index contributed by atoms with van der Waals surface area (Å²) in [7, 11) is 3.25. The van der Waals surface area contributed by atoms with Crippen LogP contribution in [0, 0.1) is 0 Å². The maximum atomic E-state index is 13.5. The van der Waals surface area contributed by atoms with Gasteiger partial charge in [0.15, 0.2) is 0 Å². The van der Waals surface area contributed by atoms with Crippen LogP contribution in [0.1, 0.15) is 47.1 Å². The van der Waals surface area contributed by atoms with Gasteiger partial charge in [0.25, 0.3) is 11.5 Å². The summed E-state index contributed by atoms with van der Waals surface area (Å²) < 4.78 is 12.6. The number of nitrogens with zero attached hydrogens (tertiary/aromatic N) is 3. The Morgan fingerprint density at radius 3 is 2.74 bits per heavy atom. The molecular weight excluding hydrogens is 394 g/mol. The summed E-state index contributed by atoms with van der Waals surface area (Å²) >= 11 is 0. The molecule has 7 heteroatoms. The number of aryl methyl sites for hydroxylation is 1. The standard InChI is InChI=1S/C24H25N3O4/c1-30-16-8-10-18(21(14-16)31-2)20-5-3-11-26(20)23(28)15-7-9-17-19(13-15)25-22-6-4-12-27(22)24(17)29/h7-10,13-14,20H,3-6,11-12H2,1-2H3/t20-/m1/s1. The molecule has 1 atom stereocenters. The number of methoxy groups -OCH3 is 2. The van der Waals surface area contributed by atoms with Crippen LogP contribution in [-0.2, 0) is 13.0 Å². The van der Waals surface area contributed by atoms with Crippen LogP contribution >= 0.6 is 0 Å². The number of amides is 1. The first kappa shape index (κ1) is 19.6. The molecule has 3 aromatic rings. The molecule has 5 rings (SSSR count). The lowest BCUT2D eigenvalue weighted by Gasteiger charge is -2.26. The van der Waals surface area contributed by atoms with E-state index in [0.717, 1.165) is 49.4 Å². The minimum atomic E-state index is -0.0670. The molecule has 1 fully saturated rings. The molecule has 0 spiro atoms. The van der Waals surface area contributed by atoms with Gasteiger partial charge in [0.2, 0.25) is 0 Å². The van der Waals surface area contributed by atoms with Gasteiger partial charge in [-0.15, -0.1) is 0 Å². The summed E-state index contributed by atoms with van der Waals surface area (Å²) in [6.07, 6.45) is 3.53. The van der Waals surface area contributed by atoms with Crippen LogP contribution < -0.4 is 15.0 Å². The zero-order valence-corrected chi connectivity index (χ0v) is 17.8. The van der Waals surface area contributed by atoms with Crippen LogP contribution in [0.5, 0.6) is 11.5 Å². The van der Waals surface area contributed by atoms with Crippen molar-refractivity contribution in [1.29, 1.82) is 0 Å². The van der Waals surface area contributed by atoms with E-state index in [2.05, 4.69) is 4.98 Å². The molecule has 0 saturated carbocycles. The van der Waals surface area contributed by atoms with Crippen molar-refractivity contribution in [2.75, 3.05) is 20.8 Å². The van der Waals surface area contributed by atoms with E-state index in [0.29, 0.717) is 28.8 Å². The van der Waals surface area contributed by atoms with Gasteiger partial charge >= 0.3 is 0 Å². The number of carbonyl (C=O) groups excluding carboxylic acids is 1. The van der Waals surface area contributed by atoms with E-state index in [9.17, 15) is 9.59 Å². The summed E-state index contributed by atoms with van der Waals surface area (Å²) in [6, 6.07) is 10.9. The van der Waals surface area contributed by atoms with Crippen molar-refractivity contribution in [3.05, 3.63) is 63.7 Å². The van der Waals surface area contributed by atoms with Gasteiger partial charge in [-0.25, -0.2) is 4.98 Å². The van der Waals surface area contributed by atoms with Gasteiger partial charge in [-0.05, 0) is 49.6 Å². The Balaban J connectivity index is 1.50. The molecule has 1 aromatic heterocycles. The quantitative estimate of drug-likeness (QED) is 0.649. The Morgan fingerprint density at radius 2 is 1.94 bits per heavy atom. The third-order valence-corrected chi connectivity index (χ3v) is 6.38. The van der Waals surface area contributed by atoms with E-state index >= 15 is 0 Å². The highest BCUT2D eigenvalue weighted by molar-refractivity contribution is 5.98. The third-order valence-electron chi connectivity index (χ3n) is 6.38. The lowest BCUT2D eigenvalue weighted by molar-refractivity contribution is 0.0734. The molecule has 1 amide bonds. The van der Waals surface area contributed by atoms with Crippen molar-refractivity contribution in [2.45, 2.75) is 38.3 Å². The molecule has 1 saturated heterocycles. The van der Waals surface area contributed by atoms with Crippen LogP contribution in [-0.4, -0.2) is 41.1 Å². The van der Waals surface area contributed by atoms with Crippen molar-refractivity contribution >= 4 is 16.8 Å². The summed E-state index contributed by atoms with van der Waals surface area (Å²) in [6.45, 7) is 1.40. The minimum absolute atomic E-state index is 0.0153. The number of aromatic nitrogens is 2. The van der Waals surface area contributed by atoms with Gasteiger partial charge in [-0.2, -0.15) is 0 Å². The van der Waals surface area contributed by atoms with Crippen LogP contribution in [0.4, 0.5) is 0 Å². The number of likely N-dealkylation sites (tertiary alicyclic amines) is 1. The van der Waals surface area contributed by atoms with Crippen LogP contribution in [0.3, 0.4) is 0 Å². The number of benzene rings is 2. The Labute approximate surface area is 180 Å². The van der Waals surface area contributed by atoms with Crippen molar-refractivity contribution in [3.63, 3.8) is 0 Å². The number of carbonyl (C=O) groups is 1. The van der Waals surface area contributed by atoms with Crippen LogP contribution in [0.2, 0.25) is 0 Å². The molecule has 7 nitrogen and oxygen atoms in total. The van der Waals surface area contributed by atoms with E-state index < -0.39 is 0 Å². The molecule has 3 heterocycles. The van der Waals surface area contributed by atoms with E-state index in [4.69, 9.17) is 9.47 Å². The number of rotatable bonds is 4. The molecule has 2 aromatic carbocycles. The highest BCUT2D eigenvalue weighted by Crippen LogP contribution is 2.39. The van der Waals surface area contributed by atoms with Gasteiger partial charge in [0, 0.05) is 36.7 Å². The lowest BCUT2D eigenvalue weighted by atomic mass is 10.0. The molecular formula is C24H25N3O4. The maximum absolute atomic E-state index is 13.5. The Hall–Kier alpha value is -3.35. The molecule has 0 radical (unpaired) electrons. The topological polar surface area (TPSA) is 73.7 Å². The highest BCUT2D eigenvalue weighted by Gasteiger charge is 2.33. The summed E-state index contributed by atoms with van der Waals surface area (Å²) in [5.41, 5.74) is 2.12. The first-order chi connectivity index (χ1) is 15.1. The number of hydrogen-bond donors (Lipinski definition) is 0. The number of hydrogen-bond acceptors (Lipinski definition) is 5. The summed E-state index contributed by atoms with van der Waals surface area (Å²) in [4.78, 5) is 32.7. The fraction of sp³-hybridized carbons (Fsp3) is 0.375. The predicted molar refractivity (Wildman–Crippen MR) is 117 cm³/mol. The SMILES string of the molecule is COc1ccc([C@H]2CCCN2C(=O)c2ccc3c(=O)n4c(nc3c2)CCC4)c(OC)c1. The van der Waals surface area contributed by atoms with E-state index in [1.165, 1.54) is 0 Å². The summed E-state index contributed by atoms with van der Waals surface area (Å²) in [5.74, 6) is 2.19. The number of fused-ring (bicyclic) bond motifs is 2. The highest BCUT2D eigenvalue weighted by atomic mass is 16.5. The van der Waals surface area contributed by atoms with E-state index in [-0.39, 0.29) is 17.5 Å². The fourth-order valence-electron chi connectivity index (χ4n) is 4.81. The molecule has 0 bridgehead atoms. The van der Waals surface area contributed by atoms with Gasteiger partial charge in [0.05, 0.1) is 31.2 Å². The Morgan fingerprint density at radius 1 is 1.06 bits per heavy atom. The smallest absolute Gasteiger partial charge is 0.261 e. The van der Waals surface area contributed by atoms with Crippen LogP contribution in [0.15, 0.2) is 41.2 Å². The zero-order valence-electron chi connectivity index (χ0n) is 17.8. The maximum Gasteiger partial charge on any atom is 0.261 e. The molecule has 160 valence electrons. The third kappa shape index (κ3) is 3.24. The average Bonchev–Trinajstić information content (AvgIpc) is 3.47. The second kappa shape index (κ2) is 7.72. The van der Waals surface area contributed by atoms with Gasteiger partial charge < -0.3 is 14.4 Å². The summed E-state index contributed by atoms with van der Waals surface area (Å²) in [5, 5.41) is 0.567. The Kier molecular flexibility index (Phi) is 4.88. The van der Waals surface area contributed by atoms with Crippen molar-refractivity contribution in [2.24, 2.45) is 0 Å². The second-order valence-electron chi connectivity index (χ2n) is 8.08. The molecule has 0 aliphatic carbocycles. The van der Waals surface area contributed by atoms with Gasteiger partial charge in [-0.3, -0.25) is 14.2 Å². The second-order valence-corrected chi connectivity index (χ2v) is 8.08. The van der Waals surface area contributed by atoms with Crippen LogP contribution in [0.25, 0.3) is 10.9 Å². The van der Waals surface area contributed by atoms with Gasteiger partial charge in [0.1, 0.15) is 17.3 Å². The molecule has 0 N–H and O–H groups in total. The largest absolute Gasteiger partial charge is 0.497 e. The first-order valence-corrected chi connectivity index (χ1v) is 10.7. The normalized spacial score (nSPS) is 17.7.